The molecule has 0 bridgehead atoms. The molecule has 108 valence electrons. The Bertz CT molecular complexity index is 716. The predicted octanol–water partition coefficient (Wildman–Crippen LogP) is 2.83. The molecule has 0 aliphatic rings. The first-order valence-corrected chi connectivity index (χ1v) is 7.34. The van der Waals surface area contributed by atoms with E-state index in [4.69, 9.17) is 15.7 Å². The van der Waals surface area contributed by atoms with Crippen LogP contribution in [0.1, 0.15) is 23.0 Å². The maximum Gasteiger partial charge on any atom is 0.357 e. The van der Waals surface area contributed by atoms with E-state index in [2.05, 4.69) is 0 Å². The fourth-order valence-electron chi connectivity index (χ4n) is 2.04. The summed E-state index contributed by atoms with van der Waals surface area (Å²) in [6.45, 7) is 2.05. The lowest BCUT2D eigenvalue weighted by Crippen LogP contribution is -2.11. The highest BCUT2D eigenvalue weighted by atomic mass is 32.2. The van der Waals surface area contributed by atoms with Crippen molar-refractivity contribution in [1.82, 2.24) is 4.57 Å². The number of hydrogen-bond donors (Lipinski definition) is 1. The zero-order chi connectivity index (χ0) is 15.4. The van der Waals surface area contributed by atoms with Crippen LogP contribution in [-0.4, -0.2) is 23.4 Å². The van der Waals surface area contributed by atoms with Crippen molar-refractivity contribution in [3.8, 4) is 11.8 Å². The molecule has 0 atom stereocenters. The van der Waals surface area contributed by atoms with Gasteiger partial charge in [0.15, 0.2) is 5.69 Å². The number of carbonyl (C=O) groups excluding carboxylic acids is 1. The van der Waals surface area contributed by atoms with E-state index >= 15 is 0 Å². The minimum atomic E-state index is -0.565. The number of ether oxygens (including phenoxy) is 1. The first kappa shape index (κ1) is 15.0. The molecule has 1 heterocycles. The number of anilines is 1. The molecule has 0 radical (unpaired) electrons. The highest BCUT2D eigenvalue weighted by Crippen LogP contribution is 2.30. The SMILES string of the molecule is CCSc1ccccc1-n1cc(C#N)c(N)c1C(=O)OC. The van der Waals surface area contributed by atoms with Gasteiger partial charge in [-0.05, 0) is 17.9 Å². The van der Waals surface area contributed by atoms with Crippen LogP contribution in [0.15, 0.2) is 35.4 Å². The fraction of sp³-hybridized carbons (Fsp3) is 0.200. The Hall–Kier alpha value is -2.39. The zero-order valence-electron chi connectivity index (χ0n) is 11.8. The van der Waals surface area contributed by atoms with Gasteiger partial charge in [0.1, 0.15) is 6.07 Å². The number of nitrogens with zero attached hydrogens (tertiary/aromatic N) is 2. The third-order valence-electron chi connectivity index (χ3n) is 2.97. The Kier molecular flexibility index (Phi) is 4.55. The fourth-order valence-corrected chi connectivity index (χ4v) is 2.84. The summed E-state index contributed by atoms with van der Waals surface area (Å²) in [7, 11) is 1.29. The second-order valence-electron chi connectivity index (χ2n) is 4.18. The number of methoxy groups -OCH3 is 1. The molecule has 0 amide bonds. The number of carbonyl (C=O) groups is 1. The van der Waals surface area contributed by atoms with E-state index < -0.39 is 5.97 Å². The third-order valence-corrected chi connectivity index (χ3v) is 3.91. The summed E-state index contributed by atoms with van der Waals surface area (Å²) >= 11 is 1.65. The largest absolute Gasteiger partial charge is 0.464 e. The van der Waals surface area contributed by atoms with Crippen LogP contribution in [-0.2, 0) is 4.74 Å². The van der Waals surface area contributed by atoms with Gasteiger partial charge in [0, 0.05) is 11.1 Å². The van der Waals surface area contributed by atoms with E-state index in [1.165, 1.54) is 7.11 Å². The van der Waals surface area contributed by atoms with Crippen LogP contribution in [0.4, 0.5) is 5.69 Å². The van der Waals surface area contributed by atoms with Gasteiger partial charge in [-0.15, -0.1) is 11.8 Å². The van der Waals surface area contributed by atoms with Crippen molar-refractivity contribution in [1.29, 1.82) is 5.26 Å². The molecule has 2 rings (SSSR count). The second kappa shape index (κ2) is 6.37. The molecule has 21 heavy (non-hydrogen) atoms. The van der Waals surface area contributed by atoms with Gasteiger partial charge < -0.3 is 15.0 Å². The molecule has 1 aromatic carbocycles. The molecular formula is C15H15N3O2S. The predicted molar refractivity (Wildman–Crippen MR) is 82.6 cm³/mol. The van der Waals surface area contributed by atoms with E-state index in [9.17, 15) is 4.79 Å². The molecule has 0 spiro atoms. The number of para-hydroxylation sites is 1. The highest BCUT2D eigenvalue weighted by Gasteiger charge is 2.22. The van der Waals surface area contributed by atoms with E-state index in [1.807, 2.05) is 37.3 Å². The van der Waals surface area contributed by atoms with Crippen LogP contribution in [0.25, 0.3) is 5.69 Å². The molecule has 0 saturated carbocycles. The van der Waals surface area contributed by atoms with Crippen molar-refractivity contribution in [2.75, 3.05) is 18.6 Å². The number of esters is 1. The molecule has 0 unspecified atom stereocenters. The molecule has 0 saturated heterocycles. The summed E-state index contributed by atoms with van der Waals surface area (Å²) < 4.78 is 6.40. The third kappa shape index (κ3) is 2.73. The van der Waals surface area contributed by atoms with Crippen molar-refractivity contribution < 1.29 is 9.53 Å². The molecule has 2 aromatic rings. The average Bonchev–Trinajstić information content (AvgIpc) is 2.84. The average molecular weight is 301 g/mol. The lowest BCUT2D eigenvalue weighted by atomic mass is 10.2. The minimum Gasteiger partial charge on any atom is -0.464 e. The summed E-state index contributed by atoms with van der Waals surface area (Å²) in [4.78, 5) is 13.0. The number of nitrogen functional groups attached to an aromatic ring is 1. The zero-order valence-corrected chi connectivity index (χ0v) is 12.6. The summed E-state index contributed by atoms with van der Waals surface area (Å²) in [6, 6.07) is 9.64. The number of nitriles is 1. The lowest BCUT2D eigenvalue weighted by molar-refractivity contribution is 0.0593. The Morgan fingerprint density at radius 3 is 2.81 bits per heavy atom. The van der Waals surface area contributed by atoms with E-state index in [-0.39, 0.29) is 16.9 Å². The smallest absolute Gasteiger partial charge is 0.357 e. The maximum atomic E-state index is 12.0. The van der Waals surface area contributed by atoms with Gasteiger partial charge in [-0.2, -0.15) is 5.26 Å². The van der Waals surface area contributed by atoms with Crippen molar-refractivity contribution in [3.63, 3.8) is 0 Å². The van der Waals surface area contributed by atoms with Gasteiger partial charge in [0.05, 0.1) is 24.0 Å². The van der Waals surface area contributed by atoms with Gasteiger partial charge in [-0.1, -0.05) is 19.1 Å². The first-order chi connectivity index (χ1) is 10.1. The molecule has 6 heteroatoms. The molecular weight excluding hydrogens is 286 g/mol. The van der Waals surface area contributed by atoms with Crippen molar-refractivity contribution in [3.05, 3.63) is 41.7 Å². The Balaban J connectivity index is 2.70. The van der Waals surface area contributed by atoms with Gasteiger partial charge >= 0.3 is 5.97 Å². The van der Waals surface area contributed by atoms with Crippen molar-refractivity contribution in [2.45, 2.75) is 11.8 Å². The summed E-state index contributed by atoms with van der Waals surface area (Å²) in [5.74, 6) is 0.331. The van der Waals surface area contributed by atoms with Crippen molar-refractivity contribution >= 4 is 23.4 Å². The highest BCUT2D eigenvalue weighted by molar-refractivity contribution is 7.99. The molecule has 5 nitrogen and oxygen atoms in total. The van der Waals surface area contributed by atoms with E-state index in [0.29, 0.717) is 0 Å². The normalized spacial score (nSPS) is 10.1. The summed E-state index contributed by atoms with van der Waals surface area (Å²) in [5, 5.41) is 9.13. The van der Waals surface area contributed by atoms with E-state index in [0.717, 1.165) is 16.3 Å². The molecule has 0 fully saturated rings. The second-order valence-corrected chi connectivity index (χ2v) is 5.49. The van der Waals surface area contributed by atoms with Gasteiger partial charge in [0.25, 0.3) is 0 Å². The van der Waals surface area contributed by atoms with Gasteiger partial charge in [0.2, 0.25) is 0 Å². The summed E-state index contributed by atoms with van der Waals surface area (Å²) in [6.07, 6.45) is 1.57. The quantitative estimate of drug-likeness (QED) is 0.693. The number of aromatic nitrogens is 1. The van der Waals surface area contributed by atoms with Crippen LogP contribution < -0.4 is 5.73 Å². The molecule has 1 aromatic heterocycles. The number of rotatable bonds is 4. The lowest BCUT2D eigenvalue weighted by Gasteiger charge is -2.12. The van der Waals surface area contributed by atoms with Crippen LogP contribution in [0.2, 0.25) is 0 Å². The van der Waals surface area contributed by atoms with Crippen LogP contribution >= 0.6 is 11.8 Å². The summed E-state index contributed by atoms with van der Waals surface area (Å²) in [5.41, 5.74) is 7.28. The van der Waals surface area contributed by atoms with Crippen LogP contribution in [0.5, 0.6) is 0 Å². The standard InChI is InChI=1S/C15H15N3O2S/c1-3-21-12-7-5-4-6-11(12)18-9-10(8-16)13(17)14(18)15(19)20-2/h4-7,9H,3,17H2,1-2H3. The van der Waals surface area contributed by atoms with Crippen molar-refractivity contribution in [2.24, 2.45) is 0 Å². The number of thioether (sulfide) groups is 1. The van der Waals surface area contributed by atoms with Crippen LogP contribution in [0.3, 0.4) is 0 Å². The molecule has 2 N–H and O–H groups in total. The Morgan fingerprint density at radius 2 is 2.19 bits per heavy atom. The molecule has 0 aliphatic carbocycles. The number of nitrogens with two attached hydrogens (primary N) is 1. The topological polar surface area (TPSA) is 81.0 Å². The minimum absolute atomic E-state index is 0.139. The number of hydrogen-bond acceptors (Lipinski definition) is 5. The maximum absolute atomic E-state index is 12.0. The first-order valence-electron chi connectivity index (χ1n) is 6.35. The van der Waals surface area contributed by atoms with Crippen LogP contribution in [0, 0.1) is 11.3 Å². The van der Waals surface area contributed by atoms with Gasteiger partial charge in [-0.25, -0.2) is 4.79 Å². The van der Waals surface area contributed by atoms with Gasteiger partial charge in [-0.3, -0.25) is 0 Å². The van der Waals surface area contributed by atoms with E-state index in [1.54, 1.807) is 22.5 Å². The Morgan fingerprint density at radius 1 is 1.48 bits per heavy atom. The molecule has 0 aliphatic heterocycles. The Labute approximate surface area is 127 Å². The number of benzene rings is 1. The monoisotopic (exact) mass is 301 g/mol.